The van der Waals surface area contributed by atoms with Crippen LogP contribution in [-0.4, -0.2) is 25.0 Å². The Morgan fingerprint density at radius 2 is 2.19 bits per heavy atom. The monoisotopic (exact) mass is 215 g/mol. The minimum atomic E-state index is -0.0711. The number of rotatable bonds is 2. The molecule has 1 saturated heterocycles. The zero-order valence-electron chi connectivity index (χ0n) is 8.86. The fraction of sp³-hybridized carbons (Fsp3) is 0.333. The van der Waals surface area contributed by atoms with Crippen molar-refractivity contribution in [2.75, 3.05) is 13.1 Å². The van der Waals surface area contributed by atoms with Crippen molar-refractivity contribution in [1.29, 1.82) is 5.26 Å². The first-order chi connectivity index (χ1) is 7.79. The Hall–Kier alpha value is -1.86. The highest BCUT2D eigenvalue weighted by molar-refractivity contribution is 5.94. The van der Waals surface area contributed by atoms with Crippen molar-refractivity contribution in [3.05, 3.63) is 35.4 Å². The van der Waals surface area contributed by atoms with E-state index in [9.17, 15) is 4.79 Å². The molecule has 1 fully saturated rings. The van der Waals surface area contributed by atoms with Gasteiger partial charge in [0.25, 0.3) is 5.91 Å². The number of carbonyl (C=O) groups excluding carboxylic acids is 1. The molecule has 82 valence electrons. The Balaban J connectivity index is 2.00. The molecule has 1 atom stereocenters. The van der Waals surface area contributed by atoms with Crippen molar-refractivity contribution in [3.63, 3.8) is 0 Å². The molecule has 2 N–H and O–H groups in total. The van der Waals surface area contributed by atoms with Gasteiger partial charge in [-0.3, -0.25) is 4.79 Å². The quantitative estimate of drug-likeness (QED) is 0.761. The number of amides is 1. The van der Waals surface area contributed by atoms with Gasteiger partial charge in [0.1, 0.15) is 0 Å². The minimum absolute atomic E-state index is 0.0711. The molecule has 2 rings (SSSR count). The Labute approximate surface area is 94.3 Å². The van der Waals surface area contributed by atoms with Gasteiger partial charge in [-0.05, 0) is 37.2 Å². The Kier molecular flexibility index (Phi) is 3.18. The number of nitriles is 1. The number of benzene rings is 1. The largest absolute Gasteiger partial charge is 0.348 e. The molecule has 0 saturated carbocycles. The van der Waals surface area contributed by atoms with Gasteiger partial charge in [-0.2, -0.15) is 5.26 Å². The van der Waals surface area contributed by atoms with Crippen LogP contribution in [0, 0.1) is 11.3 Å². The van der Waals surface area contributed by atoms with Crippen LogP contribution in [0.4, 0.5) is 0 Å². The Morgan fingerprint density at radius 1 is 1.44 bits per heavy atom. The smallest absolute Gasteiger partial charge is 0.251 e. The standard InChI is InChI=1S/C12H13N3O/c13-7-9-1-3-10(4-2-9)12(16)15-11-5-6-14-8-11/h1-4,11,14H,5-6,8H2,(H,15,16)/t11-/m0/s1. The molecule has 1 aromatic rings. The van der Waals surface area contributed by atoms with Crippen molar-refractivity contribution in [3.8, 4) is 6.07 Å². The zero-order valence-corrected chi connectivity index (χ0v) is 8.86. The van der Waals surface area contributed by atoms with Crippen LogP contribution in [-0.2, 0) is 0 Å². The second-order valence-corrected chi connectivity index (χ2v) is 3.85. The average Bonchev–Trinajstić information content (AvgIpc) is 2.82. The summed E-state index contributed by atoms with van der Waals surface area (Å²) in [5, 5.41) is 14.8. The second kappa shape index (κ2) is 4.77. The lowest BCUT2D eigenvalue weighted by atomic mass is 10.1. The highest BCUT2D eigenvalue weighted by Crippen LogP contribution is 2.05. The molecule has 1 heterocycles. The molecular formula is C12H13N3O. The fourth-order valence-electron chi connectivity index (χ4n) is 1.74. The normalized spacial score (nSPS) is 19.1. The maximum atomic E-state index is 11.8. The number of hydrogen-bond donors (Lipinski definition) is 2. The molecular weight excluding hydrogens is 202 g/mol. The maximum absolute atomic E-state index is 11.8. The van der Waals surface area contributed by atoms with Crippen LogP contribution in [0.5, 0.6) is 0 Å². The van der Waals surface area contributed by atoms with Crippen molar-refractivity contribution >= 4 is 5.91 Å². The van der Waals surface area contributed by atoms with E-state index < -0.39 is 0 Å². The molecule has 1 amide bonds. The predicted molar refractivity (Wildman–Crippen MR) is 59.9 cm³/mol. The summed E-state index contributed by atoms with van der Waals surface area (Å²) in [7, 11) is 0. The fourth-order valence-corrected chi connectivity index (χ4v) is 1.74. The van der Waals surface area contributed by atoms with E-state index in [1.807, 2.05) is 6.07 Å². The SMILES string of the molecule is N#Cc1ccc(C(=O)N[C@H]2CCNC2)cc1. The molecule has 0 radical (unpaired) electrons. The van der Waals surface area contributed by atoms with Crippen molar-refractivity contribution in [2.45, 2.75) is 12.5 Å². The zero-order chi connectivity index (χ0) is 11.4. The van der Waals surface area contributed by atoms with Crippen molar-refractivity contribution in [1.82, 2.24) is 10.6 Å². The van der Waals surface area contributed by atoms with Gasteiger partial charge < -0.3 is 10.6 Å². The van der Waals surface area contributed by atoms with Crippen molar-refractivity contribution < 1.29 is 4.79 Å². The average molecular weight is 215 g/mol. The van der Waals surface area contributed by atoms with E-state index in [4.69, 9.17) is 5.26 Å². The summed E-state index contributed by atoms with van der Waals surface area (Å²) < 4.78 is 0. The van der Waals surface area contributed by atoms with E-state index in [0.717, 1.165) is 19.5 Å². The van der Waals surface area contributed by atoms with E-state index in [1.54, 1.807) is 24.3 Å². The lowest BCUT2D eigenvalue weighted by Gasteiger charge is -2.10. The van der Waals surface area contributed by atoms with Gasteiger partial charge in [-0.1, -0.05) is 0 Å². The van der Waals surface area contributed by atoms with E-state index in [-0.39, 0.29) is 11.9 Å². The van der Waals surface area contributed by atoms with Gasteiger partial charge in [0.2, 0.25) is 0 Å². The van der Waals surface area contributed by atoms with Gasteiger partial charge in [-0.25, -0.2) is 0 Å². The van der Waals surface area contributed by atoms with Gasteiger partial charge in [0.05, 0.1) is 11.6 Å². The van der Waals surface area contributed by atoms with Crippen LogP contribution >= 0.6 is 0 Å². The maximum Gasteiger partial charge on any atom is 0.251 e. The molecule has 0 aliphatic carbocycles. The van der Waals surface area contributed by atoms with Crippen LogP contribution < -0.4 is 10.6 Å². The van der Waals surface area contributed by atoms with E-state index in [0.29, 0.717) is 11.1 Å². The van der Waals surface area contributed by atoms with Gasteiger partial charge in [-0.15, -0.1) is 0 Å². The lowest BCUT2D eigenvalue weighted by Crippen LogP contribution is -2.36. The molecule has 4 nitrogen and oxygen atoms in total. The summed E-state index contributed by atoms with van der Waals surface area (Å²) in [4.78, 5) is 11.8. The van der Waals surface area contributed by atoms with Crippen LogP contribution in [0.3, 0.4) is 0 Å². The van der Waals surface area contributed by atoms with E-state index >= 15 is 0 Å². The molecule has 4 heteroatoms. The summed E-state index contributed by atoms with van der Waals surface area (Å²) in [6.07, 6.45) is 0.974. The number of carbonyl (C=O) groups is 1. The third kappa shape index (κ3) is 2.38. The molecule has 1 aliphatic heterocycles. The summed E-state index contributed by atoms with van der Waals surface area (Å²) in [5.41, 5.74) is 1.17. The minimum Gasteiger partial charge on any atom is -0.348 e. The summed E-state index contributed by atoms with van der Waals surface area (Å²) in [6.45, 7) is 1.79. The second-order valence-electron chi connectivity index (χ2n) is 3.85. The third-order valence-corrected chi connectivity index (χ3v) is 2.67. The molecule has 0 aromatic heterocycles. The van der Waals surface area contributed by atoms with Crippen LogP contribution in [0.2, 0.25) is 0 Å². The topological polar surface area (TPSA) is 64.9 Å². The third-order valence-electron chi connectivity index (χ3n) is 2.67. The number of nitrogens with one attached hydrogen (secondary N) is 2. The first kappa shape index (κ1) is 10.7. The molecule has 1 aliphatic rings. The van der Waals surface area contributed by atoms with Gasteiger partial charge in [0.15, 0.2) is 0 Å². The van der Waals surface area contributed by atoms with Crippen LogP contribution in [0.25, 0.3) is 0 Å². The summed E-state index contributed by atoms with van der Waals surface area (Å²) in [6, 6.07) is 8.91. The first-order valence-electron chi connectivity index (χ1n) is 5.31. The lowest BCUT2D eigenvalue weighted by molar-refractivity contribution is 0.0940. The molecule has 0 unspecified atom stereocenters. The van der Waals surface area contributed by atoms with Crippen molar-refractivity contribution in [2.24, 2.45) is 0 Å². The van der Waals surface area contributed by atoms with Crippen LogP contribution in [0.15, 0.2) is 24.3 Å². The van der Waals surface area contributed by atoms with E-state index in [2.05, 4.69) is 10.6 Å². The van der Waals surface area contributed by atoms with Gasteiger partial charge >= 0.3 is 0 Å². The van der Waals surface area contributed by atoms with Gasteiger partial charge in [0, 0.05) is 18.2 Å². The highest BCUT2D eigenvalue weighted by Gasteiger charge is 2.17. The number of hydrogen-bond acceptors (Lipinski definition) is 3. The summed E-state index contributed by atoms with van der Waals surface area (Å²) in [5.74, 6) is -0.0711. The highest BCUT2D eigenvalue weighted by atomic mass is 16.1. The van der Waals surface area contributed by atoms with Crippen LogP contribution in [0.1, 0.15) is 22.3 Å². The predicted octanol–water partition coefficient (Wildman–Crippen LogP) is 0.650. The van der Waals surface area contributed by atoms with E-state index in [1.165, 1.54) is 0 Å². The first-order valence-corrected chi connectivity index (χ1v) is 5.31. The summed E-state index contributed by atoms with van der Waals surface area (Å²) >= 11 is 0. The number of nitrogens with zero attached hydrogens (tertiary/aromatic N) is 1. The molecule has 0 bridgehead atoms. The Bertz CT molecular complexity index is 413. The molecule has 1 aromatic carbocycles. The molecule has 0 spiro atoms. The molecule has 16 heavy (non-hydrogen) atoms. The Morgan fingerprint density at radius 3 is 2.75 bits per heavy atom.